The van der Waals surface area contributed by atoms with Crippen LogP contribution in [0.15, 0.2) is 101 Å². The average Bonchev–Trinajstić information content (AvgIpc) is 3.27. The Morgan fingerprint density at radius 3 is 2.48 bits per heavy atom. The third-order valence-corrected chi connectivity index (χ3v) is 5.45. The molecule has 0 radical (unpaired) electrons. The Bertz CT molecular complexity index is 1080. The van der Waals surface area contributed by atoms with Gasteiger partial charge in [0.25, 0.3) is 5.91 Å². The van der Waals surface area contributed by atoms with Gasteiger partial charge in [-0.05, 0) is 41.5 Å². The van der Waals surface area contributed by atoms with Crippen LogP contribution in [0.3, 0.4) is 0 Å². The number of aromatic nitrogens is 3. The molecule has 2 aromatic carbocycles. The maximum absolute atomic E-state index is 12.9. The van der Waals surface area contributed by atoms with Crippen molar-refractivity contribution in [2.45, 2.75) is 23.0 Å². The largest absolute Gasteiger partial charge is 0.348 e. The van der Waals surface area contributed by atoms with E-state index < -0.39 is 0 Å². The first-order valence-electron chi connectivity index (χ1n) is 9.30. The molecule has 0 aliphatic heterocycles. The zero-order valence-corrected chi connectivity index (χ0v) is 16.5. The van der Waals surface area contributed by atoms with Crippen LogP contribution in [0.5, 0.6) is 0 Å². The highest BCUT2D eigenvalue weighted by Crippen LogP contribution is 2.28. The molecule has 0 saturated carbocycles. The molecule has 0 spiro atoms. The van der Waals surface area contributed by atoms with E-state index in [1.54, 1.807) is 18.5 Å². The summed E-state index contributed by atoms with van der Waals surface area (Å²) < 4.78 is 1.87. The van der Waals surface area contributed by atoms with E-state index in [9.17, 15) is 4.79 Å². The van der Waals surface area contributed by atoms with E-state index in [1.165, 1.54) is 11.8 Å². The molecule has 0 unspecified atom stereocenters. The van der Waals surface area contributed by atoms with Crippen molar-refractivity contribution in [3.63, 3.8) is 0 Å². The Labute approximate surface area is 173 Å². The minimum Gasteiger partial charge on any atom is -0.348 e. The number of pyridine rings is 1. The van der Waals surface area contributed by atoms with Crippen LogP contribution in [0.1, 0.15) is 21.5 Å². The molecule has 1 N–H and O–H groups in total. The van der Waals surface area contributed by atoms with Crippen LogP contribution in [-0.2, 0) is 13.1 Å². The fourth-order valence-electron chi connectivity index (χ4n) is 2.97. The molecule has 0 aliphatic rings. The number of hydrogen-bond acceptors (Lipinski definition) is 4. The van der Waals surface area contributed by atoms with Crippen molar-refractivity contribution in [3.05, 3.63) is 108 Å². The lowest BCUT2D eigenvalue weighted by molar-refractivity contribution is 0.0947. The van der Waals surface area contributed by atoms with Crippen molar-refractivity contribution in [2.24, 2.45) is 0 Å². The van der Waals surface area contributed by atoms with Crippen molar-refractivity contribution < 1.29 is 4.79 Å². The highest BCUT2D eigenvalue weighted by atomic mass is 32.2. The molecule has 0 aliphatic carbocycles. The number of rotatable bonds is 7. The van der Waals surface area contributed by atoms with E-state index in [4.69, 9.17) is 0 Å². The zero-order chi connectivity index (χ0) is 19.9. The first-order valence-corrected chi connectivity index (χ1v) is 10.1. The predicted molar refractivity (Wildman–Crippen MR) is 114 cm³/mol. The lowest BCUT2D eigenvalue weighted by Crippen LogP contribution is -2.24. The van der Waals surface area contributed by atoms with Crippen molar-refractivity contribution >= 4 is 17.7 Å². The quantitative estimate of drug-likeness (QED) is 0.499. The van der Waals surface area contributed by atoms with Gasteiger partial charge in [0.1, 0.15) is 5.03 Å². The minimum atomic E-state index is -0.134. The summed E-state index contributed by atoms with van der Waals surface area (Å²) >= 11 is 1.49. The smallest absolute Gasteiger partial charge is 0.254 e. The molecular weight excluding hydrogens is 380 g/mol. The van der Waals surface area contributed by atoms with Crippen LogP contribution in [0, 0.1) is 0 Å². The lowest BCUT2D eigenvalue weighted by Gasteiger charge is -2.12. The Morgan fingerprint density at radius 1 is 0.897 bits per heavy atom. The van der Waals surface area contributed by atoms with E-state index in [0.717, 1.165) is 16.0 Å². The first-order chi connectivity index (χ1) is 14.3. The van der Waals surface area contributed by atoms with Crippen LogP contribution in [0.25, 0.3) is 0 Å². The molecule has 4 rings (SSSR count). The number of benzene rings is 2. The Kier molecular flexibility index (Phi) is 6.02. The summed E-state index contributed by atoms with van der Waals surface area (Å²) in [7, 11) is 0. The van der Waals surface area contributed by atoms with Gasteiger partial charge >= 0.3 is 0 Å². The summed E-state index contributed by atoms with van der Waals surface area (Å²) in [6.07, 6.45) is 5.40. The van der Waals surface area contributed by atoms with Crippen LogP contribution >= 0.6 is 11.8 Å². The Balaban J connectivity index is 1.47. The fraction of sp³-hybridized carbons (Fsp3) is 0.0870. The van der Waals surface area contributed by atoms with Gasteiger partial charge in [0.05, 0.1) is 12.1 Å². The van der Waals surface area contributed by atoms with Gasteiger partial charge in [0.2, 0.25) is 0 Å². The minimum absolute atomic E-state index is 0.134. The van der Waals surface area contributed by atoms with Gasteiger partial charge in [-0.3, -0.25) is 9.48 Å². The number of nitrogens with zero attached hydrogens (tertiary/aromatic N) is 3. The summed E-state index contributed by atoms with van der Waals surface area (Å²) in [5, 5.41) is 8.00. The summed E-state index contributed by atoms with van der Waals surface area (Å²) in [4.78, 5) is 18.3. The molecule has 29 heavy (non-hydrogen) atoms. The van der Waals surface area contributed by atoms with Gasteiger partial charge in [0.15, 0.2) is 0 Å². The van der Waals surface area contributed by atoms with E-state index in [1.807, 2.05) is 71.5 Å². The van der Waals surface area contributed by atoms with Crippen LogP contribution < -0.4 is 5.32 Å². The number of carbonyl (C=O) groups excluding carboxylic acids is 1. The van der Waals surface area contributed by atoms with E-state index in [-0.39, 0.29) is 5.91 Å². The van der Waals surface area contributed by atoms with E-state index >= 15 is 0 Å². The van der Waals surface area contributed by atoms with E-state index in [2.05, 4.69) is 21.5 Å². The average molecular weight is 401 g/mol. The number of nitrogens with one attached hydrogen (secondary N) is 1. The normalized spacial score (nSPS) is 10.6. The topological polar surface area (TPSA) is 59.8 Å². The predicted octanol–water partition coefficient (Wildman–Crippen LogP) is 4.41. The number of hydrogen-bond donors (Lipinski definition) is 1. The van der Waals surface area contributed by atoms with Crippen LogP contribution in [0.2, 0.25) is 0 Å². The maximum atomic E-state index is 12.9. The van der Waals surface area contributed by atoms with Gasteiger partial charge in [0, 0.05) is 30.0 Å². The van der Waals surface area contributed by atoms with E-state index in [0.29, 0.717) is 23.7 Å². The SMILES string of the molecule is O=C(NCc1ccccc1Cn1cccn1)c1cccnc1Sc1ccccc1. The highest BCUT2D eigenvalue weighted by molar-refractivity contribution is 7.99. The highest BCUT2D eigenvalue weighted by Gasteiger charge is 2.14. The van der Waals surface area contributed by atoms with Crippen molar-refractivity contribution in [2.75, 3.05) is 0 Å². The van der Waals surface area contributed by atoms with Crippen LogP contribution in [-0.4, -0.2) is 20.7 Å². The second kappa shape index (κ2) is 9.21. The van der Waals surface area contributed by atoms with Gasteiger partial charge in [-0.2, -0.15) is 5.10 Å². The standard InChI is InChI=1S/C23H20N4OS/c28-22(21-12-6-13-24-23(21)29-20-10-2-1-3-11-20)25-16-18-8-4-5-9-19(18)17-27-15-7-14-26-27/h1-15H,16-17H2,(H,25,28). The second-order valence-electron chi connectivity index (χ2n) is 6.43. The van der Waals surface area contributed by atoms with Crippen molar-refractivity contribution in [1.29, 1.82) is 0 Å². The molecular formula is C23H20N4OS. The molecule has 0 atom stereocenters. The molecule has 1 amide bonds. The Hall–Kier alpha value is -3.38. The molecule has 2 aromatic heterocycles. The fourth-order valence-corrected chi connectivity index (χ4v) is 3.87. The monoisotopic (exact) mass is 400 g/mol. The molecule has 4 aromatic rings. The van der Waals surface area contributed by atoms with Crippen molar-refractivity contribution in [1.82, 2.24) is 20.1 Å². The number of amides is 1. The summed E-state index contributed by atoms with van der Waals surface area (Å²) in [5.41, 5.74) is 2.77. The van der Waals surface area contributed by atoms with Gasteiger partial charge in [-0.1, -0.05) is 54.2 Å². The molecule has 144 valence electrons. The van der Waals surface area contributed by atoms with Gasteiger partial charge in [-0.15, -0.1) is 0 Å². The zero-order valence-electron chi connectivity index (χ0n) is 15.7. The van der Waals surface area contributed by atoms with Gasteiger partial charge in [-0.25, -0.2) is 4.98 Å². The number of carbonyl (C=O) groups is 1. The molecule has 0 fully saturated rings. The molecule has 6 heteroatoms. The summed E-state index contributed by atoms with van der Waals surface area (Å²) in [5.74, 6) is -0.134. The lowest BCUT2D eigenvalue weighted by atomic mass is 10.1. The second-order valence-corrected chi connectivity index (χ2v) is 7.49. The summed E-state index contributed by atoms with van der Waals surface area (Å²) in [6.45, 7) is 1.11. The third-order valence-electron chi connectivity index (χ3n) is 4.42. The summed E-state index contributed by atoms with van der Waals surface area (Å²) in [6, 6.07) is 23.5. The molecule has 0 bridgehead atoms. The maximum Gasteiger partial charge on any atom is 0.254 e. The van der Waals surface area contributed by atoms with Crippen molar-refractivity contribution in [3.8, 4) is 0 Å². The molecule has 0 saturated heterocycles. The van der Waals surface area contributed by atoms with Gasteiger partial charge < -0.3 is 5.32 Å². The third kappa shape index (κ3) is 4.92. The molecule has 2 heterocycles. The van der Waals surface area contributed by atoms with Crippen LogP contribution in [0.4, 0.5) is 0 Å². The molecule has 5 nitrogen and oxygen atoms in total. The Morgan fingerprint density at radius 2 is 1.69 bits per heavy atom. The first kappa shape index (κ1) is 19.0.